The smallest absolute Gasteiger partial charge is 0.293 e. The Morgan fingerprint density at radius 3 is 2.56 bits per heavy atom. The van der Waals surface area contributed by atoms with Crippen molar-refractivity contribution in [3.8, 4) is 11.5 Å². The molecule has 7 nitrogen and oxygen atoms in total. The summed E-state index contributed by atoms with van der Waals surface area (Å²) in [6.07, 6.45) is 1.90. The lowest BCUT2D eigenvalue weighted by molar-refractivity contribution is -0.124. The zero-order valence-electron chi connectivity index (χ0n) is 18.3. The number of ether oxygens (including phenoxy) is 2. The predicted molar refractivity (Wildman–Crippen MR) is 125 cm³/mol. The van der Waals surface area contributed by atoms with Gasteiger partial charge in [-0.1, -0.05) is 35.9 Å². The topological polar surface area (TPSA) is 84.9 Å². The van der Waals surface area contributed by atoms with Crippen LogP contribution in [0.3, 0.4) is 0 Å². The number of nitrogens with zero attached hydrogens (tertiary/aromatic N) is 1. The Hall–Kier alpha value is -3.26. The number of hydrogen-bond donors (Lipinski definition) is 1. The first-order valence-corrected chi connectivity index (χ1v) is 11.1. The first kappa shape index (κ1) is 23.4. The molecular formula is C24H26N2O5S. The van der Waals surface area contributed by atoms with Crippen molar-refractivity contribution in [2.45, 2.75) is 20.3 Å². The molecule has 0 aliphatic carbocycles. The number of thioether (sulfide) groups is 1. The van der Waals surface area contributed by atoms with Gasteiger partial charge in [0.15, 0.2) is 11.5 Å². The maximum Gasteiger partial charge on any atom is 0.293 e. The number of nitrogens with one attached hydrogen (secondary N) is 1. The number of methoxy groups -OCH3 is 1. The molecule has 1 aliphatic heterocycles. The number of imide groups is 1. The van der Waals surface area contributed by atoms with Gasteiger partial charge in [0, 0.05) is 13.1 Å². The molecule has 0 radical (unpaired) electrons. The summed E-state index contributed by atoms with van der Waals surface area (Å²) in [6, 6.07) is 13.0. The second kappa shape index (κ2) is 10.9. The lowest BCUT2D eigenvalue weighted by Crippen LogP contribution is -2.37. The van der Waals surface area contributed by atoms with Gasteiger partial charge < -0.3 is 14.8 Å². The van der Waals surface area contributed by atoms with Crippen molar-refractivity contribution >= 4 is 34.9 Å². The molecule has 1 heterocycles. The Bertz CT molecular complexity index is 1030. The van der Waals surface area contributed by atoms with E-state index in [1.165, 1.54) is 0 Å². The molecule has 2 aromatic carbocycles. The third-order valence-corrected chi connectivity index (χ3v) is 5.71. The standard InChI is InChI=1S/C24H26N2O5S/c1-4-31-19-10-9-18(13-20(19)30-3)14-21-23(28)26(24(29)32-21)12-11-25-22(27)15-17-7-5-16(2)6-8-17/h5-10,13-14H,4,11-12,15H2,1-3H3,(H,25,27)/b21-14-. The van der Waals surface area contributed by atoms with Gasteiger partial charge in [-0.2, -0.15) is 0 Å². The van der Waals surface area contributed by atoms with E-state index in [0.29, 0.717) is 23.0 Å². The van der Waals surface area contributed by atoms with E-state index in [1.807, 2.05) is 38.1 Å². The normalized spacial score (nSPS) is 14.7. The third kappa shape index (κ3) is 5.91. The zero-order chi connectivity index (χ0) is 23.1. The SMILES string of the molecule is CCOc1ccc(/C=C2\SC(=O)N(CCNC(=O)Cc3ccc(C)cc3)C2=O)cc1OC. The fourth-order valence-electron chi connectivity index (χ4n) is 3.15. The van der Waals surface area contributed by atoms with E-state index in [-0.39, 0.29) is 36.6 Å². The molecule has 0 spiro atoms. The maximum absolute atomic E-state index is 12.7. The summed E-state index contributed by atoms with van der Waals surface area (Å²) in [7, 11) is 1.54. The average molecular weight is 455 g/mol. The van der Waals surface area contributed by atoms with Crippen molar-refractivity contribution in [2.75, 3.05) is 26.8 Å². The Kier molecular flexibility index (Phi) is 7.94. The molecule has 0 unspecified atom stereocenters. The van der Waals surface area contributed by atoms with Crippen molar-refractivity contribution in [3.05, 3.63) is 64.1 Å². The van der Waals surface area contributed by atoms with Crippen molar-refractivity contribution < 1.29 is 23.9 Å². The molecule has 1 fully saturated rings. The summed E-state index contributed by atoms with van der Waals surface area (Å²) in [6.45, 7) is 4.70. The van der Waals surface area contributed by atoms with Crippen LogP contribution in [0, 0.1) is 6.92 Å². The predicted octanol–water partition coefficient (Wildman–Crippen LogP) is 3.80. The molecular weight excluding hydrogens is 428 g/mol. The first-order chi connectivity index (χ1) is 15.4. The van der Waals surface area contributed by atoms with Gasteiger partial charge in [-0.15, -0.1) is 0 Å². The Balaban J connectivity index is 1.57. The summed E-state index contributed by atoms with van der Waals surface area (Å²) >= 11 is 0.881. The van der Waals surface area contributed by atoms with Gasteiger partial charge in [-0.25, -0.2) is 0 Å². The molecule has 0 bridgehead atoms. The fraction of sp³-hybridized carbons (Fsp3) is 0.292. The van der Waals surface area contributed by atoms with E-state index >= 15 is 0 Å². The van der Waals surface area contributed by atoms with E-state index in [4.69, 9.17) is 9.47 Å². The summed E-state index contributed by atoms with van der Waals surface area (Å²) in [5, 5.41) is 2.41. The van der Waals surface area contributed by atoms with E-state index in [0.717, 1.165) is 33.4 Å². The van der Waals surface area contributed by atoms with Crippen molar-refractivity contribution in [2.24, 2.45) is 0 Å². The van der Waals surface area contributed by atoms with Gasteiger partial charge in [0.1, 0.15) is 0 Å². The van der Waals surface area contributed by atoms with Crippen LogP contribution in [0.25, 0.3) is 6.08 Å². The molecule has 3 rings (SSSR count). The van der Waals surface area contributed by atoms with Crippen LogP contribution >= 0.6 is 11.8 Å². The molecule has 0 aromatic heterocycles. The lowest BCUT2D eigenvalue weighted by atomic mass is 10.1. The Morgan fingerprint density at radius 2 is 1.88 bits per heavy atom. The van der Waals surface area contributed by atoms with Gasteiger partial charge in [0.05, 0.1) is 25.0 Å². The minimum Gasteiger partial charge on any atom is -0.493 e. The second-order valence-electron chi connectivity index (χ2n) is 7.19. The number of aryl methyl sites for hydroxylation is 1. The number of carbonyl (C=O) groups is 3. The molecule has 0 atom stereocenters. The summed E-state index contributed by atoms with van der Waals surface area (Å²) in [5.74, 6) is 0.635. The van der Waals surface area contributed by atoms with Crippen LogP contribution in [-0.4, -0.2) is 48.8 Å². The third-order valence-electron chi connectivity index (χ3n) is 4.80. The Labute approximate surface area is 191 Å². The van der Waals surface area contributed by atoms with E-state index in [9.17, 15) is 14.4 Å². The molecule has 2 aromatic rings. The monoisotopic (exact) mass is 454 g/mol. The highest BCUT2D eigenvalue weighted by molar-refractivity contribution is 8.18. The highest BCUT2D eigenvalue weighted by atomic mass is 32.2. The van der Waals surface area contributed by atoms with Crippen LogP contribution in [0.5, 0.6) is 11.5 Å². The molecule has 0 saturated carbocycles. The van der Waals surface area contributed by atoms with Gasteiger partial charge in [-0.05, 0) is 54.9 Å². The van der Waals surface area contributed by atoms with Crippen molar-refractivity contribution in [3.63, 3.8) is 0 Å². The number of carbonyl (C=O) groups excluding carboxylic acids is 3. The quantitative estimate of drug-likeness (QED) is 0.580. The fourth-order valence-corrected chi connectivity index (χ4v) is 4.02. The highest BCUT2D eigenvalue weighted by Gasteiger charge is 2.34. The molecule has 3 amide bonds. The maximum atomic E-state index is 12.7. The molecule has 1 saturated heterocycles. The van der Waals surface area contributed by atoms with E-state index in [2.05, 4.69) is 5.32 Å². The number of rotatable bonds is 9. The van der Waals surface area contributed by atoms with Gasteiger partial charge in [0.25, 0.3) is 11.1 Å². The number of hydrogen-bond acceptors (Lipinski definition) is 6. The summed E-state index contributed by atoms with van der Waals surface area (Å²) < 4.78 is 10.8. The average Bonchev–Trinajstić information content (AvgIpc) is 3.04. The van der Waals surface area contributed by atoms with Crippen LogP contribution in [0.4, 0.5) is 4.79 Å². The van der Waals surface area contributed by atoms with Crippen LogP contribution < -0.4 is 14.8 Å². The van der Waals surface area contributed by atoms with Gasteiger partial charge in [-0.3, -0.25) is 19.3 Å². The minimum atomic E-state index is -0.374. The summed E-state index contributed by atoms with van der Waals surface area (Å²) in [4.78, 5) is 38.6. The van der Waals surface area contributed by atoms with Crippen LogP contribution in [-0.2, 0) is 16.0 Å². The van der Waals surface area contributed by atoms with Crippen LogP contribution in [0.15, 0.2) is 47.4 Å². The largest absolute Gasteiger partial charge is 0.493 e. The van der Waals surface area contributed by atoms with E-state index < -0.39 is 0 Å². The highest BCUT2D eigenvalue weighted by Crippen LogP contribution is 2.34. The van der Waals surface area contributed by atoms with E-state index in [1.54, 1.807) is 31.4 Å². The zero-order valence-corrected chi connectivity index (χ0v) is 19.2. The number of amides is 3. The van der Waals surface area contributed by atoms with Crippen molar-refractivity contribution in [1.82, 2.24) is 10.2 Å². The van der Waals surface area contributed by atoms with Crippen LogP contribution in [0.2, 0.25) is 0 Å². The number of benzene rings is 2. The summed E-state index contributed by atoms with van der Waals surface area (Å²) in [5.41, 5.74) is 2.76. The lowest BCUT2D eigenvalue weighted by Gasteiger charge is -2.13. The molecule has 1 N–H and O–H groups in total. The Morgan fingerprint density at radius 1 is 1.12 bits per heavy atom. The molecule has 32 heavy (non-hydrogen) atoms. The van der Waals surface area contributed by atoms with Gasteiger partial charge >= 0.3 is 0 Å². The van der Waals surface area contributed by atoms with Crippen molar-refractivity contribution in [1.29, 1.82) is 0 Å². The first-order valence-electron chi connectivity index (χ1n) is 10.3. The molecule has 1 aliphatic rings. The molecule has 8 heteroatoms. The second-order valence-corrected chi connectivity index (χ2v) is 8.18. The molecule has 168 valence electrons. The van der Waals surface area contributed by atoms with Crippen LogP contribution in [0.1, 0.15) is 23.6 Å². The minimum absolute atomic E-state index is 0.119. The van der Waals surface area contributed by atoms with Gasteiger partial charge in [0.2, 0.25) is 5.91 Å².